The summed E-state index contributed by atoms with van der Waals surface area (Å²) < 4.78 is 6.04. The Morgan fingerprint density at radius 2 is 2.10 bits per heavy atom. The molecule has 0 saturated heterocycles. The molecule has 0 atom stereocenters. The number of aryl methyl sites for hydroxylation is 1. The van der Waals surface area contributed by atoms with Gasteiger partial charge in [-0.25, -0.2) is 4.98 Å². The number of nitrogens with one attached hydrogen (secondary N) is 2. The van der Waals surface area contributed by atoms with E-state index in [-0.39, 0.29) is 0 Å². The molecule has 0 spiro atoms. The first-order valence-electron chi connectivity index (χ1n) is 6.78. The van der Waals surface area contributed by atoms with E-state index in [1.165, 1.54) is 0 Å². The van der Waals surface area contributed by atoms with Crippen molar-refractivity contribution in [3.8, 4) is 0 Å². The number of nitrogens with zero attached hydrogens (tertiary/aromatic N) is 2. The Hall–Kier alpha value is -1.66. The van der Waals surface area contributed by atoms with Crippen molar-refractivity contribution in [2.24, 2.45) is 0 Å². The molecule has 0 bridgehead atoms. The Kier molecular flexibility index (Phi) is 5.95. The van der Waals surface area contributed by atoms with Gasteiger partial charge in [-0.1, -0.05) is 22.0 Å². The summed E-state index contributed by atoms with van der Waals surface area (Å²) in [7, 11) is 1.70. The van der Waals surface area contributed by atoms with Gasteiger partial charge in [-0.05, 0) is 31.5 Å². The minimum atomic E-state index is 0.586. The molecule has 2 rings (SSSR count). The van der Waals surface area contributed by atoms with Gasteiger partial charge in [0, 0.05) is 42.2 Å². The van der Waals surface area contributed by atoms with E-state index in [9.17, 15) is 0 Å². The molecule has 21 heavy (non-hydrogen) atoms. The summed E-state index contributed by atoms with van der Waals surface area (Å²) in [6, 6.07) is 9.83. The number of hydrogen-bond acceptors (Lipinski definition) is 5. The van der Waals surface area contributed by atoms with E-state index in [1.807, 2.05) is 37.3 Å². The molecule has 0 aliphatic heterocycles. The molecule has 0 aliphatic carbocycles. The molecule has 0 unspecified atom stereocenters. The smallest absolute Gasteiger partial charge is 0.229 e. The van der Waals surface area contributed by atoms with Crippen LogP contribution in [0.2, 0.25) is 0 Å². The molecule has 1 heterocycles. The molecule has 1 aromatic carbocycles. The SMILES string of the molecule is COCCCNc1cc(C)nc(Nc2cccc(Br)c2)n1. The summed E-state index contributed by atoms with van der Waals surface area (Å²) in [6.45, 7) is 3.51. The Morgan fingerprint density at radius 1 is 1.24 bits per heavy atom. The first-order valence-corrected chi connectivity index (χ1v) is 7.58. The minimum Gasteiger partial charge on any atom is -0.385 e. The first-order chi connectivity index (χ1) is 10.2. The van der Waals surface area contributed by atoms with E-state index in [4.69, 9.17) is 4.74 Å². The van der Waals surface area contributed by atoms with Crippen molar-refractivity contribution in [2.75, 3.05) is 30.9 Å². The second-order valence-corrected chi connectivity index (χ2v) is 5.54. The zero-order valence-corrected chi connectivity index (χ0v) is 13.8. The van der Waals surface area contributed by atoms with Gasteiger partial charge < -0.3 is 15.4 Å². The lowest BCUT2D eigenvalue weighted by Gasteiger charge is -2.10. The standard InChI is InChI=1S/C15H19BrN4O/c1-11-9-14(17-7-4-8-21-2)20-15(18-11)19-13-6-3-5-12(16)10-13/h3,5-6,9-10H,4,7-8H2,1-2H3,(H2,17,18,19,20). The zero-order chi connectivity index (χ0) is 15.1. The topological polar surface area (TPSA) is 59.1 Å². The molecule has 0 saturated carbocycles. The number of benzene rings is 1. The van der Waals surface area contributed by atoms with Crippen molar-refractivity contribution in [1.82, 2.24) is 9.97 Å². The van der Waals surface area contributed by atoms with E-state index < -0.39 is 0 Å². The molecule has 0 aliphatic rings. The van der Waals surface area contributed by atoms with Gasteiger partial charge in [0.1, 0.15) is 5.82 Å². The molecule has 0 radical (unpaired) electrons. The van der Waals surface area contributed by atoms with Gasteiger partial charge in [0.05, 0.1) is 0 Å². The van der Waals surface area contributed by atoms with Gasteiger partial charge in [0.15, 0.2) is 0 Å². The number of aromatic nitrogens is 2. The van der Waals surface area contributed by atoms with Crippen molar-refractivity contribution in [3.63, 3.8) is 0 Å². The van der Waals surface area contributed by atoms with Gasteiger partial charge in [0.2, 0.25) is 5.95 Å². The van der Waals surface area contributed by atoms with Gasteiger partial charge >= 0.3 is 0 Å². The van der Waals surface area contributed by atoms with Crippen molar-refractivity contribution in [1.29, 1.82) is 0 Å². The third kappa shape index (κ3) is 5.32. The highest BCUT2D eigenvalue weighted by Gasteiger charge is 2.03. The van der Waals surface area contributed by atoms with Crippen LogP contribution in [0.5, 0.6) is 0 Å². The van der Waals surface area contributed by atoms with Crippen LogP contribution in [0.15, 0.2) is 34.8 Å². The van der Waals surface area contributed by atoms with Crippen molar-refractivity contribution in [2.45, 2.75) is 13.3 Å². The van der Waals surface area contributed by atoms with E-state index >= 15 is 0 Å². The van der Waals surface area contributed by atoms with Crippen LogP contribution in [-0.4, -0.2) is 30.2 Å². The number of ether oxygens (including phenoxy) is 1. The van der Waals surface area contributed by atoms with Crippen LogP contribution < -0.4 is 10.6 Å². The zero-order valence-electron chi connectivity index (χ0n) is 12.2. The highest BCUT2D eigenvalue weighted by Crippen LogP contribution is 2.19. The summed E-state index contributed by atoms with van der Waals surface area (Å²) in [4.78, 5) is 8.87. The largest absolute Gasteiger partial charge is 0.385 e. The van der Waals surface area contributed by atoms with Crippen molar-refractivity contribution < 1.29 is 4.74 Å². The molecule has 5 nitrogen and oxygen atoms in total. The lowest BCUT2D eigenvalue weighted by molar-refractivity contribution is 0.198. The van der Waals surface area contributed by atoms with Crippen LogP contribution in [0, 0.1) is 6.92 Å². The van der Waals surface area contributed by atoms with Crippen molar-refractivity contribution in [3.05, 3.63) is 40.5 Å². The lowest BCUT2D eigenvalue weighted by Crippen LogP contribution is -2.08. The fraction of sp³-hybridized carbons (Fsp3) is 0.333. The number of rotatable bonds is 7. The van der Waals surface area contributed by atoms with Crippen LogP contribution in [0.25, 0.3) is 0 Å². The summed E-state index contributed by atoms with van der Waals surface area (Å²) in [5, 5.41) is 6.49. The number of anilines is 3. The van der Waals surface area contributed by atoms with E-state index in [2.05, 4.69) is 36.5 Å². The predicted molar refractivity (Wildman–Crippen MR) is 89.2 cm³/mol. The molecule has 2 aromatic rings. The van der Waals surface area contributed by atoms with Crippen LogP contribution in [-0.2, 0) is 4.74 Å². The fourth-order valence-electron chi connectivity index (χ4n) is 1.84. The number of halogens is 1. The summed E-state index contributed by atoms with van der Waals surface area (Å²) in [5.74, 6) is 1.40. The summed E-state index contributed by atoms with van der Waals surface area (Å²) in [6.07, 6.45) is 0.938. The molecule has 0 amide bonds. The minimum absolute atomic E-state index is 0.586. The monoisotopic (exact) mass is 350 g/mol. The molecule has 2 N–H and O–H groups in total. The maximum absolute atomic E-state index is 5.03. The first kappa shape index (κ1) is 15.7. The third-order valence-electron chi connectivity index (χ3n) is 2.77. The van der Waals surface area contributed by atoms with Gasteiger partial charge in [-0.2, -0.15) is 4.98 Å². The third-order valence-corrected chi connectivity index (χ3v) is 3.26. The Morgan fingerprint density at radius 3 is 2.86 bits per heavy atom. The van der Waals surface area contributed by atoms with Crippen molar-refractivity contribution >= 4 is 33.4 Å². The second kappa shape index (κ2) is 7.95. The summed E-state index contributed by atoms with van der Waals surface area (Å²) in [5.41, 5.74) is 1.86. The average Bonchev–Trinajstić information content (AvgIpc) is 2.43. The Bertz CT molecular complexity index is 592. The molecular weight excluding hydrogens is 332 g/mol. The number of methoxy groups -OCH3 is 1. The normalized spacial score (nSPS) is 10.4. The Balaban J connectivity index is 2.04. The van der Waals surface area contributed by atoms with Crippen LogP contribution in [0.3, 0.4) is 0 Å². The van der Waals surface area contributed by atoms with E-state index in [0.29, 0.717) is 5.95 Å². The Labute approximate surface area is 133 Å². The summed E-state index contributed by atoms with van der Waals surface area (Å²) >= 11 is 3.45. The highest BCUT2D eigenvalue weighted by atomic mass is 79.9. The molecular formula is C15H19BrN4O. The predicted octanol–water partition coefficient (Wildman–Crippen LogP) is 3.74. The lowest BCUT2D eigenvalue weighted by atomic mass is 10.3. The molecule has 0 fully saturated rings. The second-order valence-electron chi connectivity index (χ2n) is 4.63. The van der Waals surface area contributed by atoms with Gasteiger partial charge in [-0.15, -0.1) is 0 Å². The van der Waals surface area contributed by atoms with Crippen LogP contribution in [0.4, 0.5) is 17.5 Å². The van der Waals surface area contributed by atoms with Gasteiger partial charge in [0.25, 0.3) is 0 Å². The molecule has 6 heteroatoms. The molecule has 112 valence electrons. The quantitative estimate of drug-likeness (QED) is 0.745. The van der Waals surface area contributed by atoms with Gasteiger partial charge in [-0.3, -0.25) is 0 Å². The van der Waals surface area contributed by atoms with E-state index in [0.717, 1.165) is 41.2 Å². The highest BCUT2D eigenvalue weighted by molar-refractivity contribution is 9.10. The van der Waals surface area contributed by atoms with Crippen LogP contribution in [0.1, 0.15) is 12.1 Å². The van der Waals surface area contributed by atoms with Crippen LogP contribution >= 0.6 is 15.9 Å². The number of hydrogen-bond donors (Lipinski definition) is 2. The average molecular weight is 351 g/mol. The molecule has 1 aromatic heterocycles. The van der Waals surface area contributed by atoms with E-state index in [1.54, 1.807) is 7.11 Å². The maximum Gasteiger partial charge on any atom is 0.229 e. The fourth-order valence-corrected chi connectivity index (χ4v) is 2.24. The maximum atomic E-state index is 5.03.